The van der Waals surface area contributed by atoms with Crippen LogP contribution in [0.15, 0.2) is 18.2 Å². The topological polar surface area (TPSA) is 75.8 Å². The fourth-order valence-electron chi connectivity index (χ4n) is 1.77. The van der Waals surface area contributed by atoms with Crippen molar-refractivity contribution in [3.8, 4) is 5.75 Å². The zero-order valence-electron chi connectivity index (χ0n) is 11.3. The number of rotatable bonds is 8. The molecule has 0 aromatic heterocycles. The van der Waals surface area contributed by atoms with Gasteiger partial charge >= 0.3 is 0 Å². The maximum absolute atomic E-state index is 10.6. The Morgan fingerprint density at radius 1 is 1.37 bits per heavy atom. The summed E-state index contributed by atoms with van der Waals surface area (Å²) in [4.78, 5) is 12.4. The first kappa shape index (κ1) is 15.4. The average Bonchev–Trinajstić information content (AvgIpc) is 2.43. The van der Waals surface area contributed by atoms with Crippen LogP contribution >= 0.6 is 0 Å². The zero-order chi connectivity index (χ0) is 14.3. The summed E-state index contributed by atoms with van der Waals surface area (Å²) < 4.78 is 5.57. The molecule has 6 nitrogen and oxygen atoms in total. The molecule has 0 fully saturated rings. The van der Waals surface area contributed by atoms with Crippen molar-refractivity contribution in [3.05, 3.63) is 33.9 Å². The minimum absolute atomic E-state index is 0.0415. The fourth-order valence-corrected chi connectivity index (χ4v) is 1.77. The number of nitrogens with zero attached hydrogens (tertiary/aromatic N) is 2. The molecule has 0 aliphatic carbocycles. The van der Waals surface area contributed by atoms with Crippen molar-refractivity contribution in [3.63, 3.8) is 0 Å². The van der Waals surface area contributed by atoms with Crippen LogP contribution in [0.2, 0.25) is 0 Å². The van der Waals surface area contributed by atoms with Gasteiger partial charge in [0.1, 0.15) is 12.4 Å². The Labute approximate surface area is 112 Å². The smallest absolute Gasteiger partial charge is 0.270 e. The average molecular weight is 268 g/mol. The standard InChI is InChI=1S/C13H20N2O4/c1-3-14(4-2)7-8-19-13-6-5-12(15(17)18)9-11(13)10-16/h5-6,9,16H,3-4,7-8,10H2,1-2H3. The molecule has 0 bridgehead atoms. The summed E-state index contributed by atoms with van der Waals surface area (Å²) >= 11 is 0. The van der Waals surface area contributed by atoms with E-state index in [1.165, 1.54) is 18.2 Å². The number of nitro groups is 1. The number of nitro benzene ring substituents is 1. The molecule has 0 saturated heterocycles. The Morgan fingerprint density at radius 3 is 2.58 bits per heavy atom. The van der Waals surface area contributed by atoms with Gasteiger partial charge in [0.2, 0.25) is 0 Å². The van der Waals surface area contributed by atoms with E-state index in [0.717, 1.165) is 19.6 Å². The number of benzene rings is 1. The minimum atomic E-state index is -0.487. The van der Waals surface area contributed by atoms with E-state index in [1.807, 2.05) is 0 Å². The molecule has 6 heteroatoms. The molecule has 1 N–H and O–H groups in total. The number of hydrogen-bond donors (Lipinski definition) is 1. The summed E-state index contributed by atoms with van der Waals surface area (Å²) in [5.74, 6) is 0.500. The molecule has 0 atom stereocenters. The first-order valence-electron chi connectivity index (χ1n) is 6.35. The first-order chi connectivity index (χ1) is 9.12. The Morgan fingerprint density at radius 2 is 2.05 bits per heavy atom. The number of hydrogen-bond acceptors (Lipinski definition) is 5. The maximum Gasteiger partial charge on any atom is 0.270 e. The van der Waals surface area contributed by atoms with Crippen LogP contribution in [0, 0.1) is 10.1 Å². The Bertz CT molecular complexity index is 419. The molecule has 106 valence electrons. The molecule has 0 aliphatic rings. The largest absolute Gasteiger partial charge is 0.492 e. The molecule has 0 amide bonds. The van der Waals surface area contributed by atoms with Gasteiger partial charge in [0.25, 0.3) is 5.69 Å². The molecule has 0 heterocycles. The van der Waals surface area contributed by atoms with Crippen LogP contribution in [0.5, 0.6) is 5.75 Å². The fraction of sp³-hybridized carbons (Fsp3) is 0.538. The van der Waals surface area contributed by atoms with Gasteiger partial charge in [0.05, 0.1) is 11.5 Å². The highest BCUT2D eigenvalue weighted by Crippen LogP contribution is 2.24. The van der Waals surface area contributed by atoms with E-state index in [4.69, 9.17) is 4.74 Å². The van der Waals surface area contributed by atoms with Crippen LogP contribution < -0.4 is 4.74 Å². The van der Waals surface area contributed by atoms with Crippen molar-refractivity contribution in [1.29, 1.82) is 0 Å². The number of non-ortho nitro benzene ring substituents is 1. The van der Waals surface area contributed by atoms with Crippen LogP contribution in [0.1, 0.15) is 19.4 Å². The van der Waals surface area contributed by atoms with Gasteiger partial charge in [-0.2, -0.15) is 0 Å². The quantitative estimate of drug-likeness (QED) is 0.575. The third-order valence-electron chi connectivity index (χ3n) is 2.98. The molecular weight excluding hydrogens is 248 g/mol. The van der Waals surface area contributed by atoms with E-state index < -0.39 is 4.92 Å². The molecular formula is C13H20N2O4. The van der Waals surface area contributed by atoms with Gasteiger partial charge in [0, 0.05) is 24.2 Å². The van der Waals surface area contributed by atoms with E-state index in [1.54, 1.807) is 0 Å². The SMILES string of the molecule is CCN(CC)CCOc1ccc([N+](=O)[O-])cc1CO. The van der Waals surface area contributed by atoms with Gasteiger partial charge in [0.15, 0.2) is 0 Å². The second-order valence-corrected chi connectivity index (χ2v) is 4.08. The Kier molecular flexibility index (Phi) is 6.24. The normalized spacial score (nSPS) is 10.7. The molecule has 0 spiro atoms. The summed E-state index contributed by atoms with van der Waals surface area (Å²) in [5.41, 5.74) is 0.397. The van der Waals surface area contributed by atoms with E-state index >= 15 is 0 Å². The third kappa shape index (κ3) is 4.50. The molecule has 19 heavy (non-hydrogen) atoms. The minimum Gasteiger partial charge on any atom is -0.492 e. The van der Waals surface area contributed by atoms with Crippen molar-refractivity contribution in [2.45, 2.75) is 20.5 Å². The van der Waals surface area contributed by atoms with Crippen molar-refractivity contribution < 1.29 is 14.8 Å². The first-order valence-corrected chi connectivity index (χ1v) is 6.35. The Hall–Kier alpha value is -1.66. The monoisotopic (exact) mass is 268 g/mol. The predicted molar refractivity (Wildman–Crippen MR) is 72.3 cm³/mol. The highest BCUT2D eigenvalue weighted by molar-refractivity contribution is 5.43. The lowest BCUT2D eigenvalue weighted by Gasteiger charge is -2.18. The number of likely N-dealkylation sites (N-methyl/N-ethyl adjacent to an activating group) is 1. The zero-order valence-corrected chi connectivity index (χ0v) is 11.3. The number of aliphatic hydroxyl groups excluding tert-OH is 1. The van der Waals surface area contributed by atoms with Crippen molar-refractivity contribution in [2.24, 2.45) is 0 Å². The van der Waals surface area contributed by atoms with Gasteiger partial charge in [-0.15, -0.1) is 0 Å². The summed E-state index contributed by atoms with van der Waals surface area (Å²) in [5, 5.41) is 19.9. The lowest BCUT2D eigenvalue weighted by Crippen LogP contribution is -2.28. The second-order valence-electron chi connectivity index (χ2n) is 4.08. The lowest BCUT2D eigenvalue weighted by molar-refractivity contribution is -0.385. The Balaban J connectivity index is 2.65. The molecule has 1 aromatic carbocycles. The van der Waals surface area contributed by atoms with Gasteiger partial charge in [-0.25, -0.2) is 0 Å². The van der Waals surface area contributed by atoms with Crippen molar-refractivity contribution in [2.75, 3.05) is 26.2 Å². The van der Waals surface area contributed by atoms with Crippen LogP contribution in [0.4, 0.5) is 5.69 Å². The highest BCUT2D eigenvalue weighted by Gasteiger charge is 2.11. The van der Waals surface area contributed by atoms with Gasteiger partial charge in [-0.3, -0.25) is 10.1 Å². The maximum atomic E-state index is 10.6. The van der Waals surface area contributed by atoms with Gasteiger partial charge in [-0.1, -0.05) is 13.8 Å². The second kappa shape index (κ2) is 7.70. The third-order valence-corrected chi connectivity index (χ3v) is 2.98. The lowest BCUT2D eigenvalue weighted by atomic mass is 10.2. The summed E-state index contributed by atoms with van der Waals surface area (Å²) in [6.45, 7) is 7.06. The van der Waals surface area contributed by atoms with Crippen LogP contribution in [-0.2, 0) is 6.61 Å². The van der Waals surface area contributed by atoms with Crippen molar-refractivity contribution >= 4 is 5.69 Å². The predicted octanol–water partition coefficient (Wildman–Crippen LogP) is 1.81. The summed E-state index contributed by atoms with van der Waals surface area (Å²) in [7, 11) is 0. The molecule has 0 unspecified atom stereocenters. The van der Waals surface area contributed by atoms with Gasteiger partial charge < -0.3 is 14.7 Å². The number of aliphatic hydroxyl groups is 1. The molecule has 0 radical (unpaired) electrons. The van der Waals surface area contributed by atoms with Gasteiger partial charge in [-0.05, 0) is 19.2 Å². The van der Waals surface area contributed by atoms with Crippen LogP contribution in [0.3, 0.4) is 0 Å². The van der Waals surface area contributed by atoms with E-state index in [-0.39, 0.29) is 12.3 Å². The van der Waals surface area contributed by atoms with E-state index in [9.17, 15) is 15.2 Å². The van der Waals surface area contributed by atoms with Crippen molar-refractivity contribution in [1.82, 2.24) is 4.90 Å². The molecule has 0 aliphatic heterocycles. The highest BCUT2D eigenvalue weighted by atomic mass is 16.6. The molecule has 1 rings (SSSR count). The van der Waals surface area contributed by atoms with E-state index in [2.05, 4.69) is 18.7 Å². The summed E-state index contributed by atoms with van der Waals surface area (Å²) in [6.07, 6.45) is 0. The van der Waals surface area contributed by atoms with E-state index in [0.29, 0.717) is 17.9 Å². The number of ether oxygens (including phenoxy) is 1. The van der Waals surface area contributed by atoms with Crippen LogP contribution in [0.25, 0.3) is 0 Å². The summed E-state index contributed by atoms with van der Waals surface area (Å²) in [6, 6.07) is 4.25. The van der Waals surface area contributed by atoms with Crippen LogP contribution in [-0.4, -0.2) is 41.2 Å². The molecule has 1 aromatic rings. The molecule has 0 saturated carbocycles.